The van der Waals surface area contributed by atoms with Gasteiger partial charge < -0.3 is 5.32 Å². The highest BCUT2D eigenvalue weighted by Crippen LogP contribution is 2.34. The molecule has 1 unspecified atom stereocenters. The fourth-order valence-corrected chi connectivity index (χ4v) is 4.17. The smallest absolute Gasteiger partial charge is 0.123 e. The number of hydrogen-bond acceptors (Lipinski definition) is 3. The molecule has 1 aliphatic rings. The van der Waals surface area contributed by atoms with Crippen LogP contribution in [0.3, 0.4) is 0 Å². The molecule has 4 heteroatoms. The summed E-state index contributed by atoms with van der Waals surface area (Å²) >= 11 is 1.88. The maximum atomic E-state index is 13.3. The molecular weight excluding hydrogens is 295 g/mol. The monoisotopic (exact) mass is 318 g/mol. The predicted octanol–water partition coefficient (Wildman–Crippen LogP) is 3.83. The molecular formula is C18H23FN2S. The first-order valence-electron chi connectivity index (χ1n) is 8.07. The summed E-state index contributed by atoms with van der Waals surface area (Å²) in [6.45, 7) is 6.40. The zero-order valence-electron chi connectivity index (χ0n) is 13.0. The van der Waals surface area contributed by atoms with Crippen molar-refractivity contribution in [2.24, 2.45) is 0 Å². The van der Waals surface area contributed by atoms with Crippen LogP contribution in [0.2, 0.25) is 0 Å². The van der Waals surface area contributed by atoms with Gasteiger partial charge in [-0.2, -0.15) is 0 Å². The first-order chi connectivity index (χ1) is 10.8. The van der Waals surface area contributed by atoms with Gasteiger partial charge >= 0.3 is 0 Å². The highest BCUT2D eigenvalue weighted by atomic mass is 32.1. The second-order valence-electron chi connectivity index (χ2n) is 5.75. The molecule has 3 rings (SSSR count). The van der Waals surface area contributed by atoms with Gasteiger partial charge in [0.25, 0.3) is 0 Å². The van der Waals surface area contributed by atoms with E-state index in [1.54, 1.807) is 12.1 Å². The Kier molecular flexibility index (Phi) is 5.24. The lowest BCUT2D eigenvalue weighted by molar-refractivity contribution is 0.244. The summed E-state index contributed by atoms with van der Waals surface area (Å²) in [5.74, 6) is -0.166. The molecule has 2 aromatic rings. The highest BCUT2D eigenvalue weighted by Gasteiger charge is 2.24. The van der Waals surface area contributed by atoms with Crippen molar-refractivity contribution in [3.05, 3.63) is 57.5 Å². The topological polar surface area (TPSA) is 15.3 Å². The number of thiophene rings is 1. The fraction of sp³-hybridized carbons (Fsp3) is 0.444. The van der Waals surface area contributed by atoms with E-state index in [2.05, 4.69) is 29.3 Å². The van der Waals surface area contributed by atoms with Gasteiger partial charge in [0.2, 0.25) is 0 Å². The van der Waals surface area contributed by atoms with Gasteiger partial charge in [0, 0.05) is 29.4 Å². The minimum absolute atomic E-state index is 0.166. The molecule has 1 N–H and O–H groups in total. The average Bonchev–Trinajstić information content (AvgIpc) is 2.84. The molecule has 2 heterocycles. The normalized spacial score (nSPS) is 18.1. The Morgan fingerprint density at radius 1 is 1.14 bits per heavy atom. The summed E-state index contributed by atoms with van der Waals surface area (Å²) in [4.78, 5) is 5.30. The third-order valence-corrected chi connectivity index (χ3v) is 5.51. The van der Waals surface area contributed by atoms with Crippen molar-refractivity contribution in [1.82, 2.24) is 10.2 Å². The Morgan fingerprint density at radius 3 is 2.68 bits per heavy atom. The number of benzene rings is 1. The Labute approximate surface area is 136 Å². The van der Waals surface area contributed by atoms with Gasteiger partial charge in [-0.3, -0.25) is 4.90 Å². The minimum atomic E-state index is -0.166. The van der Waals surface area contributed by atoms with Gasteiger partial charge in [-0.05, 0) is 49.2 Å². The molecule has 2 nitrogen and oxygen atoms in total. The molecule has 1 aromatic heterocycles. The lowest BCUT2D eigenvalue weighted by atomic mass is 10.0. The zero-order valence-corrected chi connectivity index (χ0v) is 13.8. The maximum Gasteiger partial charge on any atom is 0.123 e. The first-order valence-corrected chi connectivity index (χ1v) is 8.88. The summed E-state index contributed by atoms with van der Waals surface area (Å²) in [6.07, 6.45) is 2.23. The number of nitrogens with one attached hydrogen (secondary N) is 1. The van der Waals surface area contributed by atoms with Crippen molar-refractivity contribution in [2.45, 2.75) is 25.8 Å². The molecule has 0 amide bonds. The molecule has 1 fully saturated rings. The van der Waals surface area contributed by atoms with Crippen LogP contribution in [-0.4, -0.2) is 31.1 Å². The lowest BCUT2D eigenvalue weighted by Crippen LogP contribution is -2.32. The molecule has 0 bridgehead atoms. The molecule has 0 aliphatic carbocycles. The van der Waals surface area contributed by atoms with Crippen LogP contribution in [0.25, 0.3) is 0 Å². The Balaban J connectivity index is 1.94. The van der Waals surface area contributed by atoms with Crippen molar-refractivity contribution in [2.75, 3.05) is 26.2 Å². The number of halogens is 1. The highest BCUT2D eigenvalue weighted by molar-refractivity contribution is 7.12. The van der Waals surface area contributed by atoms with E-state index in [4.69, 9.17) is 0 Å². The second-order valence-corrected chi connectivity index (χ2v) is 6.95. The Morgan fingerprint density at radius 2 is 1.95 bits per heavy atom. The standard InChI is InChI=1S/C18H23FN2S/c1-2-16-8-9-17(22-16)18(14-4-6-15(19)7-5-14)21-12-3-10-20-11-13-21/h4-9,18,20H,2-3,10-13H2,1H3. The first kappa shape index (κ1) is 15.7. The van der Waals surface area contributed by atoms with Crippen LogP contribution in [0.1, 0.15) is 34.7 Å². The Bertz CT molecular complexity index is 585. The van der Waals surface area contributed by atoms with Gasteiger partial charge in [-0.15, -0.1) is 11.3 Å². The molecule has 1 atom stereocenters. The average molecular weight is 318 g/mol. The largest absolute Gasteiger partial charge is 0.315 e. The number of hydrogen-bond donors (Lipinski definition) is 1. The molecule has 1 saturated heterocycles. The SMILES string of the molecule is CCc1ccc(C(c2ccc(F)cc2)N2CCCNCC2)s1. The molecule has 1 aliphatic heterocycles. The van der Waals surface area contributed by atoms with Crippen molar-refractivity contribution in [1.29, 1.82) is 0 Å². The summed E-state index contributed by atoms with van der Waals surface area (Å²) in [6, 6.07) is 11.7. The van der Waals surface area contributed by atoms with Crippen LogP contribution in [0.5, 0.6) is 0 Å². The van der Waals surface area contributed by atoms with E-state index in [-0.39, 0.29) is 11.9 Å². The van der Waals surface area contributed by atoms with Gasteiger partial charge in [-0.25, -0.2) is 4.39 Å². The number of nitrogens with zero attached hydrogens (tertiary/aromatic N) is 1. The number of rotatable bonds is 4. The van der Waals surface area contributed by atoms with Crippen molar-refractivity contribution in [3.8, 4) is 0 Å². The van der Waals surface area contributed by atoms with Crippen LogP contribution in [0.4, 0.5) is 4.39 Å². The van der Waals surface area contributed by atoms with E-state index < -0.39 is 0 Å². The lowest BCUT2D eigenvalue weighted by Gasteiger charge is -2.30. The van der Waals surface area contributed by atoms with Gasteiger partial charge in [0.05, 0.1) is 6.04 Å². The van der Waals surface area contributed by atoms with Gasteiger partial charge in [0.15, 0.2) is 0 Å². The summed E-state index contributed by atoms with van der Waals surface area (Å²) < 4.78 is 13.3. The van der Waals surface area contributed by atoms with E-state index in [0.717, 1.165) is 39.0 Å². The molecule has 1 aromatic carbocycles. The van der Waals surface area contributed by atoms with Crippen molar-refractivity contribution < 1.29 is 4.39 Å². The van der Waals surface area contributed by atoms with E-state index in [9.17, 15) is 4.39 Å². The summed E-state index contributed by atoms with van der Waals surface area (Å²) in [5, 5.41) is 3.46. The quantitative estimate of drug-likeness (QED) is 0.921. The van der Waals surface area contributed by atoms with Crippen LogP contribution < -0.4 is 5.32 Å². The van der Waals surface area contributed by atoms with Crippen LogP contribution in [-0.2, 0) is 6.42 Å². The third-order valence-electron chi connectivity index (χ3n) is 4.23. The van der Waals surface area contributed by atoms with Crippen molar-refractivity contribution >= 4 is 11.3 Å². The molecule has 22 heavy (non-hydrogen) atoms. The summed E-state index contributed by atoms with van der Waals surface area (Å²) in [7, 11) is 0. The van der Waals surface area contributed by atoms with Crippen LogP contribution in [0.15, 0.2) is 36.4 Å². The van der Waals surface area contributed by atoms with Crippen LogP contribution in [0, 0.1) is 5.82 Å². The second kappa shape index (κ2) is 7.36. The molecule has 0 saturated carbocycles. The predicted molar refractivity (Wildman–Crippen MR) is 91.0 cm³/mol. The van der Waals surface area contributed by atoms with Crippen molar-refractivity contribution in [3.63, 3.8) is 0 Å². The molecule has 118 valence electrons. The van der Waals surface area contributed by atoms with E-state index in [1.165, 1.54) is 15.3 Å². The summed E-state index contributed by atoms with van der Waals surface area (Å²) in [5.41, 5.74) is 1.19. The van der Waals surface area contributed by atoms with E-state index >= 15 is 0 Å². The number of aryl methyl sites for hydroxylation is 1. The van der Waals surface area contributed by atoms with Crippen LogP contribution >= 0.6 is 11.3 Å². The molecule has 0 spiro atoms. The van der Waals surface area contributed by atoms with Gasteiger partial charge in [0.1, 0.15) is 5.82 Å². The molecule has 0 radical (unpaired) electrons. The van der Waals surface area contributed by atoms with Gasteiger partial charge in [-0.1, -0.05) is 19.1 Å². The fourth-order valence-electron chi connectivity index (χ4n) is 3.06. The maximum absolute atomic E-state index is 13.3. The minimum Gasteiger partial charge on any atom is -0.315 e. The van der Waals surface area contributed by atoms with E-state index in [0.29, 0.717) is 0 Å². The van der Waals surface area contributed by atoms with E-state index in [1.807, 2.05) is 23.5 Å². The Hall–Kier alpha value is -1.23. The third kappa shape index (κ3) is 3.57. The zero-order chi connectivity index (χ0) is 15.4.